The number of nitrogens with one attached hydrogen (secondary N) is 2. The fraction of sp³-hybridized carbons (Fsp3) is 0.444. The Morgan fingerprint density at radius 2 is 1.92 bits per heavy atom. The Bertz CT molecular complexity index is 625. The molecule has 0 radical (unpaired) electrons. The maximum Gasteiger partial charge on any atom is 0.192 e. The van der Waals surface area contributed by atoms with Gasteiger partial charge < -0.3 is 15.2 Å². The van der Waals surface area contributed by atoms with Gasteiger partial charge in [0.1, 0.15) is 6.54 Å². The third-order valence-electron chi connectivity index (χ3n) is 3.56. The molecule has 0 fully saturated rings. The maximum absolute atomic E-state index is 5.33. The Balaban J connectivity index is 0.00000288. The average Bonchev–Trinajstić information content (AvgIpc) is 3.03. The largest absolute Gasteiger partial charge is 0.359 e. The van der Waals surface area contributed by atoms with Crippen molar-refractivity contribution in [1.29, 1.82) is 0 Å². The topological polar surface area (TPSA) is 62.5 Å². The number of nitrogens with zero attached hydrogens (tertiary/aromatic N) is 2. The van der Waals surface area contributed by atoms with Gasteiger partial charge in [0.25, 0.3) is 0 Å². The summed E-state index contributed by atoms with van der Waals surface area (Å²) >= 11 is 0. The van der Waals surface area contributed by atoms with Crippen LogP contribution in [-0.4, -0.2) is 17.7 Å². The molecular formula is C18H27IN4O. The normalized spacial score (nSPS) is 12.6. The average molecular weight is 442 g/mol. The fourth-order valence-corrected chi connectivity index (χ4v) is 2.18. The molecule has 0 aliphatic rings. The molecule has 2 aromatic rings. The first-order valence-corrected chi connectivity index (χ1v) is 8.15. The summed E-state index contributed by atoms with van der Waals surface area (Å²) in [5.41, 5.74) is 2.19. The molecule has 132 valence electrons. The molecule has 0 saturated carbocycles. The highest BCUT2D eigenvalue weighted by molar-refractivity contribution is 14.0. The first kappa shape index (κ1) is 20.5. The first-order valence-electron chi connectivity index (χ1n) is 8.15. The van der Waals surface area contributed by atoms with Crippen LogP contribution in [0.1, 0.15) is 56.7 Å². The van der Waals surface area contributed by atoms with Crippen molar-refractivity contribution in [2.75, 3.05) is 6.54 Å². The summed E-state index contributed by atoms with van der Waals surface area (Å²) in [4.78, 5) is 4.58. The zero-order valence-corrected chi connectivity index (χ0v) is 17.1. The molecule has 6 heteroatoms. The molecule has 0 aliphatic carbocycles. The number of aliphatic imine (C=N–C) groups is 1. The lowest BCUT2D eigenvalue weighted by Gasteiger charge is -2.18. The van der Waals surface area contributed by atoms with E-state index in [4.69, 9.17) is 4.52 Å². The predicted molar refractivity (Wildman–Crippen MR) is 109 cm³/mol. The molecule has 1 unspecified atom stereocenters. The quantitative estimate of drug-likeness (QED) is 0.399. The van der Waals surface area contributed by atoms with Crippen LogP contribution in [0.3, 0.4) is 0 Å². The van der Waals surface area contributed by atoms with E-state index in [1.165, 1.54) is 5.56 Å². The van der Waals surface area contributed by atoms with E-state index in [9.17, 15) is 0 Å². The van der Waals surface area contributed by atoms with Crippen LogP contribution in [0.15, 0.2) is 45.9 Å². The van der Waals surface area contributed by atoms with Gasteiger partial charge in [0.05, 0.1) is 11.7 Å². The van der Waals surface area contributed by atoms with Crippen LogP contribution in [0.25, 0.3) is 0 Å². The van der Waals surface area contributed by atoms with Gasteiger partial charge in [-0.15, -0.1) is 24.0 Å². The second-order valence-corrected chi connectivity index (χ2v) is 5.84. The molecule has 5 nitrogen and oxygen atoms in total. The summed E-state index contributed by atoms with van der Waals surface area (Å²) in [5.74, 6) is 1.91. The number of halogens is 1. The number of hydrogen-bond donors (Lipinski definition) is 2. The molecule has 1 atom stereocenters. The lowest BCUT2D eigenvalue weighted by molar-refractivity contribution is 0.376. The van der Waals surface area contributed by atoms with Crippen molar-refractivity contribution in [3.8, 4) is 0 Å². The molecular weight excluding hydrogens is 415 g/mol. The van der Waals surface area contributed by atoms with E-state index in [1.54, 1.807) is 0 Å². The number of guanidine groups is 1. The molecule has 24 heavy (non-hydrogen) atoms. The summed E-state index contributed by atoms with van der Waals surface area (Å²) in [6, 6.07) is 12.5. The van der Waals surface area contributed by atoms with Gasteiger partial charge in [0.2, 0.25) is 0 Å². The summed E-state index contributed by atoms with van der Waals surface area (Å²) in [5, 5.41) is 10.7. The molecule has 0 amide bonds. The van der Waals surface area contributed by atoms with Crippen molar-refractivity contribution in [2.24, 2.45) is 4.99 Å². The predicted octanol–water partition coefficient (Wildman–Crippen LogP) is 4.23. The van der Waals surface area contributed by atoms with Gasteiger partial charge in [-0.1, -0.05) is 49.3 Å². The van der Waals surface area contributed by atoms with Crippen molar-refractivity contribution < 1.29 is 4.52 Å². The summed E-state index contributed by atoms with van der Waals surface area (Å²) in [7, 11) is 0. The zero-order chi connectivity index (χ0) is 16.7. The minimum atomic E-state index is 0. The van der Waals surface area contributed by atoms with Crippen LogP contribution in [-0.2, 0) is 6.54 Å². The summed E-state index contributed by atoms with van der Waals surface area (Å²) in [6.45, 7) is 9.64. The Hall–Kier alpha value is -1.57. The van der Waals surface area contributed by atoms with Crippen molar-refractivity contribution in [3.05, 3.63) is 53.4 Å². The lowest BCUT2D eigenvalue weighted by atomic mass is 10.1. The maximum atomic E-state index is 5.33. The van der Waals surface area contributed by atoms with Crippen LogP contribution < -0.4 is 10.6 Å². The van der Waals surface area contributed by atoms with Gasteiger partial charge in [-0.2, -0.15) is 0 Å². The fourth-order valence-electron chi connectivity index (χ4n) is 2.18. The Morgan fingerprint density at radius 1 is 1.21 bits per heavy atom. The van der Waals surface area contributed by atoms with E-state index in [0.717, 1.165) is 24.0 Å². The van der Waals surface area contributed by atoms with Crippen molar-refractivity contribution in [1.82, 2.24) is 15.8 Å². The molecule has 0 aliphatic heterocycles. The smallest absolute Gasteiger partial charge is 0.192 e. The van der Waals surface area contributed by atoms with Crippen molar-refractivity contribution in [3.63, 3.8) is 0 Å². The van der Waals surface area contributed by atoms with E-state index in [0.29, 0.717) is 12.5 Å². The van der Waals surface area contributed by atoms with E-state index < -0.39 is 0 Å². The number of hydrogen-bond acceptors (Lipinski definition) is 3. The van der Waals surface area contributed by atoms with Crippen LogP contribution in [0.5, 0.6) is 0 Å². The summed E-state index contributed by atoms with van der Waals surface area (Å²) in [6.07, 6.45) is 0. The Labute approximate surface area is 161 Å². The van der Waals surface area contributed by atoms with Crippen LogP contribution in [0, 0.1) is 0 Å². The molecule has 0 saturated heterocycles. The SMILES string of the molecule is CCNC(=NCc1cc(C(C)C)no1)NC(C)c1ccccc1.I. The highest BCUT2D eigenvalue weighted by atomic mass is 127. The number of rotatable bonds is 6. The van der Waals surface area contributed by atoms with Gasteiger partial charge in [-0.3, -0.25) is 0 Å². The lowest BCUT2D eigenvalue weighted by Crippen LogP contribution is -2.38. The molecule has 2 N–H and O–H groups in total. The molecule has 2 rings (SSSR count). The highest BCUT2D eigenvalue weighted by Crippen LogP contribution is 2.15. The highest BCUT2D eigenvalue weighted by Gasteiger charge is 2.09. The van der Waals surface area contributed by atoms with Crippen LogP contribution >= 0.6 is 24.0 Å². The molecule has 1 aromatic carbocycles. The van der Waals surface area contributed by atoms with Crippen LogP contribution in [0.2, 0.25) is 0 Å². The minimum absolute atomic E-state index is 0. The van der Waals surface area contributed by atoms with Crippen LogP contribution in [0.4, 0.5) is 0 Å². The van der Waals surface area contributed by atoms with E-state index in [-0.39, 0.29) is 30.0 Å². The van der Waals surface area contributed by atoms with E-state index in [1.807, 2.05) is 24.3 Å². The standard InChI is InChI=1S/C18H26N4O.HI/c1-5-19-18(21-14(4)15-9-7-6-8-10-15)20-12-16-11-17(13(2)3)22-23-16;/h6-11,13-14H,5,12H2,1-4H3,(H2,19,20,21);1H. The van der Waals surface area contributed by atoms with Gasteiger partial charge in [0, 0.05) is 12.6 Å². The van der Waals surface area contributed by atoms with Gasteiger partial charge in [-0.25, -0.2) is 4.99 Å². The second-order valence-electron chi connectivity index (χ2n) is 5.84. The minimum Gasteiger partial charge on any atom is -0.359 e. The zero-order valence-electron chi connectivity index (χ0n) is 14.7. The number of aromatic nitrogens is 1. The second kappa shape index (κ2) is 10.3. The van der Waals surface area contributed by atoms with Crippen molar-refractivity contribution in [2.45, 2.75) is 46.2 Å². The Morgan fingerprint density at radius 3 is 2.50 bits per heavy atom. The van der Waals surface area contributed by atoms with Gasteiger partial charge in [-0.05, 0) is 25.3 Å². The third kappa shape index (κ3) is 6.14. The van der Waals surface area contributed by atoms with E-state index >= 15 is 0 Å². The third-order valence-corrected chi connectivity index (χ3v) is 3.56. The number of benzene rings is 1. The first-order chi connectivity index (χ1) is 11.1. The van der Waals surface area contributed by atoms with Gasteiger partial charge >= 0.3 is 0 Å². The monoisotopic (exact) mass is 442 g/mol. The Kier molecular flexibility index (Phi) is 8.81. The molecule has 1 heterocycles. The summed E-state index contributed by atoms with van der Waals surface area (Å²) < 4.78 is 5.33. The molecule has 0 spiro atoms. The van der Waals surface area contributed by atoms with E-state index in [2.05, 4.69) is 60.6 Å². The van der Waals surface area contributed by atoms with Crippen molar-refractivity contribution >= 4 is 29.9 Å². The molecule has 1 aromatic heterocycles. The molecule has 0 bridgehead atoms. The van der Waals surface area contributed by atoms with Gasteiger partial charge in [0.15, 0.2) is 11.7 Å².